The summed E-state index contributed by atoms with van der Waals surface area (Å²) in [5.41, 5.74) is 0.850. The van der Waals surface area contributed by atoms with Crippen molar-refractivity contribution in [2.45, 2.75) is 19.4 Å². The Morgan fingerprint density at radius 3 is 2.55 bits per heavy atom. The second-order valence-electron chi connectivity index (χ2n) is 5.13. The molecule has 0 saturated heterocycles. The number of nitrogens with zero attached hydrogens (tertiary/aromatic N) is 5. The van der Waals surface area contributed by atoms with Crippen molar-refractivity contribution in [3.8, 4) is 11.5 Å². The zero-order chi connectivity index (χ0) is 15.6. The zero-order valence-corrected chi connectivity index (χ0v) is 12.7. The second-order valence-corrected chi connectivity index (χ2v) is 5.53. The number of nitrogens with one attached hydrogen (secondary N) is 1. The molecule has 0 spiro atoms. The fourth-order valence-electron chi connectivity index (χ4n) is 1.99. The molecule has 0 amide bonds. The number of hydrogen-bond acceptors (Lipinski definition) is 7. The summed E-state index contributed by atoms with van der Waals surface area (Å²) < 4.78 is 4.96. The summed E-state index contributed by atoms with van der Waals surface area (Å²) in [5, 5.41) is 7.35. The van der Waals surface area contributed by atoms with Crippen LogP contribution in [0.25, 0.3) is 11.5 Å². The second kappa shape index (κ2) is 5.69. The summed E-state index contributed by atoms with van der Waals surface area (Å²) >= 11 is 6.20. The Hall–Kier alpha value is -2.54. The van der Waals surface area contributed by atoms with Gasteiger partial charge in [-0.25, -0.2) is 9.97 Å². The molecule has 0 aliphatic heterocycles. The molecule has 22 heavy (non-hydrogen) atoms. The maximum atomic E-state index is 6.20. The van der Waals surface area contributed by atoms with E-state index in [2.05, 4.69) is 30.4 Å². The van der Waals surface area contributed by atoms with E-state index in [1.165, 1.54) is 6.33 Å². The molecule has 0 bridgehead atoms. The van der Waals surface area contributed by atoms with Gasteiger partial charge in [0.25, 0.3) is 5.89 Å². The Labute approximate surface area is 131 Å². The summed E-state index contributed by atoms with van der Waals surface area (Å²) in [5.74, 6) is 0.827. The van der Waals surface area contributed by atoms with Gasteiger partial charge in [0.05, 0.1) is 21.8 Å². The van der Waals surface area contributed by atoms with Gasteiger partial charge in [-0.3, -0.25) is 4.98 Å². The molecule has 7 nitrogen and oxygen atoms in total. The highest BCUT2D eigenvalue weighted by atomic mass is 35.5. The summed E-state index contributed by atoms with van der Waals surface area (Å²) in [4.78, 5) is 16.8. The first-order chi connectivity index (χ1) is 10.6. The van der Waals surface area contributed by atoms with Crippen LogP contribution in [0.15, 0.2) is 41.6 Å². The van der Waals surface area contributed by atoms with Crippen molar-refractivity contribution in [1.29, 1.82) is 0 Å². The molecule has 0 saturated carbocycles. The van der Waals surface area contributed by atoms with Gasteiger partial charge in [0.1, 0.15) is 0 Å². The number of anilines is 1. The molecule has 0 unspecified atom stereocenters. The van der Waals surface area contributed by atoms with E-state index < -0.39 is 5.54 Å². The van der Waals surface area contributed by atoms with E-state index in [-0.39, 0.29) is 0 Å². The molecule has 3 heterocycles. The predicted molar refractivity (Wildman–Crippen MR) is 81.2 cm³/mol. The average Bonchev–Trinajstić information content (AvgIpc) is 3.02. The lowest BCUT2D eigenvalue weighted by Crippen LogP contribution is -2.30. The van der Waals surface area contributed by atoms with Gasteiger partial charge < -0.3 is 9.84 Å². The zero-order valence-electron chi connectivity index (χ0n) is 12.0. The lowest BCUT2D eigenvalue weighted by molar-refractivity contribution is 0.430. The third-order valence-corrected chi connectivity index (χ3v) is 3.34. The van der Waals surface area contributed by atoms with Crippen LogP contribution in [0.2, 0.25) is 5.02 Å². The molecule has 3 aromatic rings. The van der Waals surface area contributed by atoms with Crippen molar-refractivity contribution in [2.75, 3.05) is 5.32 Å². The molecule has 3 rings (SSSR count). The van der Waals surface area contributed by atoms with Crippen molar-refractivity contribution >= 4 is 17.5 Å². The number of aromatic nitrogens is 5. The molecule has 0 aromatic carbocycles. The van der Waals surface area contributed by atoms with Gasteiger partial charge in [-0.2, -0.15) is 4.98 Å². The molecule has 8 heteroatoms. The quantitative estimate of drug-likeness (QED) is 0.791. The normalized spacial score (nSPS) is 11.4. The Kier molecular flexibility index (Phi) is 3.72. The minimum atomic E-state index is -0.523. The molecule has 0 atom stereocenters. The Bertz CT molecular complexity index is 757. The van der Waals surface area contributed by atoms with Gasteiger partial charge >= 0.3 is 0 Å². The van der Waals surface area contributed by atoms with Crippen molar-refractivity contribution in [2.24, 2.45) is 0 Å². The van der Waals surface area contributed by atoms with Gasteiger partial charge in [0.15, 0.2) is 6.33 Å². The van der Waals surface area contributed by atoms with E-state index in [4.69, 9.17) is 16.1 Å². The first kappa shape index (κ1) is 14.4. The van der Waals surface area contributed by atoms with E-state index >= 15 is 0 Å². The number of rotatable bonds is 4. The van der Waals surface area contributed by atoms with E-state index in [9.17, 15) is 0 Å². The monoisotopic (exact) mass is 316 g/mol. The Balaban J connectivity index is 1.82. The molecular formula is C14H13ClN6O. The molecule has 0 fully saturated rings. The maximum Gasteiger partial charge on any atom is 0.260 e. The van der Waals surface area contributed by atoms with Crippen LogP contribution in [0.4, 0.5) is 5.95 Å². The fourth-order valence-corrected chi connectivity index (χ4v) is 2.35. The van der Waals surface area contributed by atoms with Crippen molar-refractivity contribution < 1.29 is 4.52 Å². The summed E-state index contributed by atoms with van der Waals surface area (Å²) in [7, 11) is 0. The van der Waals surface area contributed by atoms with Crippen LogP contribution in [0.1, 0.15) is 19.5 Å². The SMILES string of the molecule is CC(C)(Nc1ncc(-c2ncno2)cn1)c1ncccc1Cl. The summed E-state index contributed by atoms with van der Waals surface area (Å²) in [6.45, 7) is 3.91. The van der Waals surface area contributed by atoms with Crippen molar-refractivity contribution in [1.82, 2.24) is 25.1 Å². The van der Waals surface area contributed by atoms with E-state index in [0.717, 1.165) is 5.69 Å². The van der Waals surface area contributed by atoms with Crippen LogP contribution in [0.3, 0.4) is 0 Å². The van der Waals surface area contributed by atoms with Crippen LogP contribution >= 0.6 is 11.6 Å². The summed E-state index contributed by atoms with van der Waals surface area (Å²) in [6, 6.07) is 3.59. The Morgan fingerprint density at radius 2 is 1.91 bits per heavy atom. The number of hydrogen-bond donors (Lipinski definition) is 1. The Morgan fingerprint density at radius 1 is 1.14 bits per heavy atom. The minimum absolute atomic E-state index is 0.374. The number of pyridine rings is 1. The minimum Gasteiger partial charge on any atom is -0.344 e. The van der Waals surface area contributed by atoms with Gasteiger partial charge in [0, 0.05) is 18.6 Å². The van der Waals surface area contributed by atoms with Crippen LogP contribution in [0.5, 0.6) is 0 Å². The molecular weight excluding hydrogens is 304 g/mol. The highest BCUT2D eigenvalue weighted by molar-refractivity contribution is 6.31. The van der Waals surface area contributed by atoms with Crippen LogP contribution < -0.4 is 5.32 Å². The molecule has 3 aromatic heterocycles. The maximum absolute atomic E-state index is 6.20. The smallest absolute Gasteiger partial charge is 0.260 e. The van der Waals surface area contributed by atoms with Crippen molar-refractivity contribution in [3.63, 3.8) is 0 Å². The molecule has 0 aliphatic carbocycles. The lowest BCUT2D eigenvalue weighted by atomic mass is 10.00. The van der Waals surface area contributed by atoms with Gasteiger partial charge in [-0.1, -0.05) is 16.8 Å². The molecule has 112 valence electrons. The standard InChI is InChI=1S/C14H13ClN6O/c1-14(2,11-10(15)4-3-5-16-11)21-13-17-6-9(7-18-13)12-19-8-20-22-12/h3-8H,1-2H3,(H,17,18,21). The topological polar surface area (TPSA) is 89.6 Å². The first-order valence-corrected chi connectivity index (χ1v) is 6.92. The fraction of sp³-hybridized carbons (Fsp3) is 0.214. The van der Waals surface area contributed by atoms with Gasteiger partial charge in [0.2, 0.25) is 5.95 Å². The van der Waals surface area contributed by atoms with Crippen LogP contribution in [-0.4, -0.2) is 25.1 Å². The third kappa shape index (κ3) is 2.89. The van der Waals surface area contributed by atoms with Crippen LogP contribution in [0, 0.1) is 0 Å². The first-order valence-electron chi connectivity index (χ1n) is 6.54. The van der Waals surface area contributed by atoms with Gasteiger partial charge in [-0.15, -0.1) is 0 Å². The highest BCUT2D eigenvalue weighted by Gasteiger charge is 2.25. The molecule has 0 aliphatic rings. The third-order valence-electron chi connectivity index (χ3n) is 3.03. The largest absolute Gasteiger partial charge is 0.344 e. The highest BCUT2D eigenvalue weighted by Crippen LogP contribution is 2.28. The predicted octanol–water partition coefficient (Wildman–Crippen LogP) is 2.92. The number of halogens is 1. The van der Waals surface area contributed by atoms with Gasteiger partial charge in [-0.05, 0) is 26.0 Å². The van der Waals surface area contributed by atoms with E-state index in [1.54, 1.807) is 30.7 Å². The molecule has 1 N–H and O–H groups in total. The lowest BCUT2D eigenvalue weighted by Gasteiger charge is -2.26. The van der Waals surface area contributed by atoms with E-state index in [1.807, 2.05) is 13.8 Å². The summed E-state index contributed by atoms with van der Waals surface area (Å²) in [6.07, 6.45) is 6.25. The average molecular weight is 317 g/mol. The van der Waals surface area contributed by atoms with Crippen molar-refractivity contribution in [3.05, 3.63) is 47.8 Å². The van der Waals surface area contributed by atoms with Crippen LogP contribution in [-0.2, 0) is 5.54 Å². The van der Waals surface area contributed by atoms with E-state index in [0.29, 0.717) is 22.4 Å². The molecule has 0 radical (unpaired) electrons.